The van der Waals surface area contributed by atoms with E-state index in [-0.39, 0.29) is 16.7 Å². The van der Waals surface area contributed by atoms with Crippen LogP contribution in [0.1, 0.15) is 115 Å². The van der Waals surface area contributed by atoms with Gasteiger partial charge < -0.3 is 10.2 Å². The highest BCUT2D eigenvalue weighted by Gasteiger charge is 2.28. The summed E-state index contributed by atoms with van der Waals surface area (Å²) in [6, 6.07) is 11.8. The Bertz CT molecular complexity index is 758. The van der Waals surface area contributed by atoms with E-state index in [2.05, 4.69) is 60.6 Å². The number of hydrogen-bond donors (Lipinski definition) is 2. The van der Waals surface area contributed by atoms with Crippen LogP contribution in [0.5, 0.6) is 11.5 Å². The van der Waals surface area contributed by atoms with Crippen LogP contribution in [0.3, 0.4) is 0 Å². The quantitative estimate of drug-likeness (QED) is 0.431. The Morgan fingerprint density at radius 1 is 0.667 bits per heavy atom. The zero-order valence-electron chi connectivity index (χ0n) is 20.2. The maximum atomic E-state index is 10.2. The molecular formula is C28H42O2. The number of hydrogen-bond acceptors (Lipinski definition) is 2. The third-order valence-electron chi connectivity index (χ3n) is 6.04. The first-order valence-electron chi connectivity index (χ1n) is 11.6. The molecule has 2 aromatic carbocycles. The third-order valence-corrected chi connectivity index (χ3v) is 6.04. The summed E-state index contributed by atoms with van der Waals surface area (Å²) in [5.74, 6) is 0.899. The molecule has 2 rings (SSSR count). The molecule has 0 atom stereocenters. The zero-order chi connectivity index (χ0) is 22.5. The number of phenolic OH excluding ortho intramolecular Hbond substituents is 2. The Morgan fingerprint density at radius 2 is 1.10 bits per heavy atom. The molecule has 0 unspecified atom stereocenters. The van der Waals surface area contributed by atoms with Crippen LogP contribution in [-0.2, 0) is 10.8 Å². The average molecular weight is 411 g/mol. The highest BCUT2D eigenvalue weighted by molar-refractivity contribution is 5.49. The van der Waals surface area contributed by atoms with Crippen molar-refractivity contribution in [2.75, 3.05) is 0 Å². The van der Waals surface area contributed by atoms with Crippen molar-refractivity contribution in [1.29, 1.82) is 0 Å². The fourth-order valence-electron chi connectivity index (χ4n) is 4.43. The lowest BCUT2D eigenvalue weighted by Crippen LogP contribution is -2.20. The Balaban J connectivity index is 2.59. The van der Waals surface area contributed by atoms with E-state index >= 15 is 0 Å². The summed E-state index contributed by atoms with van der Waals surface area (Å²) in [6.45, 7) is 15.5. The minimum Gasteiger partial charge on any atom is -0.508 e. The Hall–Kier alpha value is -1.96. The van der Waals surface area contributed by atoms with Gasteiger partial charge in [0.1, 0.15) is 11.5 Å². The number of phenols is 2. The first kappa shape index (κ1) is 24.3. The molecule has 2 aromatic rings. The summed E-state index contributed by atoms with van der Waals surface area (Å²) in [5, 5.41) is 20.4. The number of unbranched alkanes of at least 4 members (excludes halogenated alkanes) is 4. The Kier molecular flexibility index (Phi) is 8.02. The molecule has 0 bridgehead atoms. The van der Waals surface area contributed by atoms with Gasteiger partial charge in [-0.25, -0.2) is 0 Å². The standard InChI is InChI=1S/C28H42O2/c1-8-9-10-11-12-13-22(23-16-14-20(29)18-25(23)27(2,3)4)24-17-15-21(30)19-26(24)28(5,6)7/h14-19,22,29-30H,8-13H2,1-7H3. The molecule has 0 aliphatic carbocycles. The molecule has 0 spiro atoms. The maximum absolute atomic E-state index is 10.2. The SMILES string of the molecule is CCCCCCCC(c1ccc(O)cc1C(C)(C)C)c1ccc(O)cc1C(C)(C)C. The van der Waals surface area contributed by atoms with Gasteiger partial charge in [0.25, 0.3) is 0 Å². The molecule has 2 heteroatoms. The van der Waals surface area contributed by atoms with Gasteiger partial charge in [-0.05, 0) is 63.8 Å². The summed E-state index contributed by atoms with van der Waals surface area (Å²) in [6.07, 6.45) is 7.33. The van der Waals surface area contributed by atoms with Crippen molar-refractivity contribution < 1.29 is 10.2 Å². The van der Waals surface area contributed by atoms with Crippen LogP contribution in [0.2, 0.25) is 0 Å². The van der Waals surface area contributed by atoms with Gasteiger partial charge in [0.2, 0.25) is 0 Å². The van der Waals surface area contributed by atoms with Crippen LogP contribution < -0.4 is 0 Å². The Morgan fingerprint density at radius 3 is 1.50 bits per heavy atom. The lowest BCUT2D eigenvalue weighted by atomic mass is 9.72. The minimum atomic E-state index is -0.0622. The van der Waals surface area contributed by atoms with Gasteiger partial charge in [0.05, 0.1) is 0 Å². The fraction of sp³-hybridized carbons (Fsp3) is 0.571. The normalized spacial score (nSPS) is 12.5. The van der Waals surface area contributed by atoms with E-state index in [0.29, 0.717) is 11.5 Å². The summed E-state index contributed by atoms with van der Waals surface area (Å²) in [4.78, 5) is 0. The van der Waals surface area contributed by atoms with Crippen molar-refractivity contribution in [2.24, 2.45) is 0 Å². The topological polar surface area (TPSA) is 40.5 Å². The van der Waals surface area contributed by atoms with Gasteiger partial charge in [0.15, 0.2) is 0 Å². The molecule has 0 heterocycles. The molecular weight excluding hydrogens is 368 g/mol. The lowest BCUT2D eigenvalue weighted by molar-refractivity contribution is 0.466. The second-order valence-corrected chi connectivity index (χ2v) is 10.8. The second kappa shape index (κ2) is 9.90. The van der Waals surface area contributed by atoms with E-state index in [1.54, 1.807) is 0 Å². The van der Waals surface area contributed by atoms with Crippen LogP contribution in [0.15, 0.2) is 36.4 Å². The fourth-order valence-corrected chi connectivity index (χ4v) is 4.43. The van der Waals surface area contributed by atoms with Crippen LogP contribution in [0.4, 0.5) is 0 Å². The maximum Gasteiger partial charge on any atom is 0.115 e. The average Bonchev–Trinajstić information content (AvgIpc) is 2.64. The first-order valence-corrected chi connectivity index (χ1v) is 11.6. The van der Waals surface area contributed by atoms with Gasteiger partial charge in [-0.15, -0.1) is 0 Å². The molecule has 0 radical (unpaired) electrons. The van der Waals surface area contributed by atoms with Crippen LogP contribution in [-0.4, -0.2) is 10.2 Å². The predicted octanol–water partition coefficient (Wildman–Crippen LogP) is 8.19. The first-order chi connectivity index (χ1) is 13.9. The highest BCUT2D eigenvalue weighted by Crippen LogP contribution is 2.42. The van der Waals surface area contributed by atoms with Crippen LogP contribution in [0, 0.1) is 0 Å². The van der Waals surface area contributed by atoms with Crippen molar-refractivity contribution in [2.45, 2.75) is 104 Å². The van der Waals surface area contributed by atoms with Crippen molar-refractivity contribution >= 4 is 0 Å². The van der Waals surface area contributed by atoms with Gasteiger partial charge in [0, 0.05) is 5.92 Å². The van der Waals surface area contributed by atoms with E-state index in [9.17, 15) is 10.2 Å². The van der Waals surface area contributed by atoms with Crippen molar-refractivity contribution in [1.82, 2.24) is 0 Å². The second-order valence-electron chi connectivity index (χ2n) is 10.8. The van der Waals surface area contributed by atoms with Crippen molar-refractivity contribution in [3.05, 3.63) is 58.7 Å². The van der Waals surface area contributed by atoms with Crippen molar-refractivity contribution in [3.8, 4) is 11.5 Å². The molecule has 0 amide bonds. The summed E-state index contributed by atoms with van der Waals surface area (Å²) >= 11 is 0. The molecule has 2 nitrogen and oxygen atoms in total. The van der Waals surface area contributed by atoms with Gasteiger partial charge in [-0.1, -0.05) is 92.7 Å². The molecule has 0 saturated heterocycles. The van der Waals surface area contributed by atoms with Gasteiger partial charge >= 0.3 is 0 Å². The van der Waals surface area contributed by atoms with E-state index in [0.717, 1.165) is 6.42 Å². The molecule has 0 aliphatic rings. The van der Waals surface area contributed by atoms with Crippen LogP contribution in [0.25, 0.3) is 0 Å². The smallest absolute Gasteiger partial charge is 0.115 e. The largest absolute Gasteiger partial charge is 0.508 e. The molecule has 0 fully saturated rings. The highest BCUT2D eigenvalue weighted by atomic mass is 16.3. The van der Waals surface area contributed by atoms with E-state index in [1.165, 1.54) is 54.4 Å². The summed E-state index contributed by atoms with van der Waals surface area (Å²) in [5.41, 5.74) is 4.88. The van der Waals surface area contributed by atoms with Gasteiger partial charge in [-0.3, -0.25) is 0 Å². The summed E-state index contributed by atoms with van der Waals surface area (Å²) in [7, 11) is 0. The number of rotatable bonds is 8. The molecule has 166 valence electrons. The third kappa shape index (κ3) is 6.27. The molecule has 0 aliphatic heterocycles. The van der Waals surface area contributed by atoms with E-state index < -0.39 is 0 Å². The lowest BCUT2D eigenvalue weighted by Gasteiger charge is -2.32. The van der Waals surface area contributed by atoms with Gasteiger partial charge in [-0.2, -0.15) is 0 Å². The number of aromatic hydroxyl groups is 2. The van der Waals surface area contributed by atoms with Crippen molar-refractivity contribution in [3.63, 3.8) is 0 Å². The molecule has 2 N–H and O–H groups in total. The molecule has 0 aromatic heterocycles. The monoisotopic (exact) mass is 410 g/mol. The number of benzene rings is 2. The minimum absolute atomic E-state index is 0.0622. The van der Waals surface area contributed by atoms with E-state index in [1.807, 2.05) is 24.3 Å². The van der Waals surface area contributed by atoms with E-state index in [4.69, 9.17) is 0 Å². The Labute approximate surface area is 184 Å². The molecule has 0 saturated carbocycles. The summed E-state index contributed by atoms with van der Waals surface area (Å²) < 4.78 is 0. The predicted molar refractivity (Wildman–Crippen MR) is 129 cm³/mol. The van der Waals surface area contributed by atoms with Crippen LogP contribution >= 0.6 is 0 Å². The zero-order valence-corrected chi connectivity index (χ0v) is 20.2. The molecule has 30 heavy (non-hydrogen) atoms.